The average molecular weight is 333 g/mol. The Morgan fingerprint density at radius 2 is 1.50 bits per heavy atom. The Labute approximate surface area is 136 Å². The van der Waals surface area contributed by atoms with E-state index < -0.39 is 7.92 Å². The number of carbonyl (C=O) groups excluding carboxylic acids is 1. The van der Waals surface area contributed by atoms with Crippen LogP contribution in [0.15, 0.2) is 42.5 Å². The fraction of sp³-hybridized carbons (Fsp3) is 0.278. The summed E-state index contributed by atoms with van der Waals surface area (Å²) < 4.78 is 8.17. The highest BCUT2D eigenvalue weighted by Gasteiger charge is 2.22. The van der Waals surface area contributed by atoms with Gasteiger partial charge in [0.05, 0.1) is 0 Å². The Morgan fingerprint density at radius 3 is 1.95 bits per heavy atom. The molecule has 2 aromatic rings. The van der Waals surface area contributed by atoms with E-state index in [2.05, 4.69) is 38.1 Å². The van der Waals surface area contributed by atoms with Gasteiger partial charge in [0.1, 0.15) is 0 Å². The second-order valence-corrected chi connectivity index (χ2v) is 7.57. The summed E-state index contributed by atoms with van der Waals surface area (Å²) in [5, 5.41) is 1.18. The van der Waals surface area contributed by atoms with Crippen LogP contribution < -0.4 is 5.30 Å². The lowest BCUT2D eigenvalue weighted by Gasteiger charge is -2.18. The van der Waals surface area contributed by atoms with Crippen LogP contribution in [0.2, 0.25) is 0 Å². The molecule has 0 aliphatic rings. The fourth-order valence-electron chi connectivity index (χ4n) is 2.70. The summed E-state index contributed by atoms with van der Waals surface area (Å²) in [7, 11) is 0.395. The average Bonchev–Trinajstić information content (AvgIpc) is 2.50. The van der Waals surface area contributed by atoms with Gasteiger partial charge < -0.3 is 0 Å². The molecule has 0 radical (unpaired) electrons. The predicted molar refractivity (Wildman–Crippen MR) is 98.9 cm³/mol. The third-order valence-corrected chi connectivity index (χ3v) is 5.79. The second-order valence-electron chi connectivity index (χ2n) is 5.16. The Hall–Kier alpha value is -1.36. The summed E-state index contributed by atoms with van der Waals surface area (Å²) in [4.78, 5) is 13.0. The van der Waals surface area contributed by atoms with Crippen molar-refractivity contribution in [3.8, 4) is 0 Å². The molecule has 0 spiro atoms. The first-order valence-electron chi connectivity index (χ1n) is 7.23. The number of aryl methyl sites for hydroxylation is 3. The van der Waals surface area contributed by atoms with Crippen molar-refractivity contribution < 1.29 is 9.36 Å². The molecule has 0 bridgehead atoms. The van der Waals surface area contributed by atoms with E-state index >= 15 is 0 Å². The molecule has 2 nitrogen and oxygen atoms in total. The lowest BCUT2D eigenvalue weighted by atomic mass is 10.0. The van der Waals surface area contributed by atoms with Crippen LogP contribution in [0.3, 0.4) is 0 Å². The number of carbonyl (C=O) groups is 1. The molecule has 0 N–H and O–H groups in total. The van der Waals surface area contributed by atoms with Crippen LogP contribution in [-0.2, 0) is 4.57 Å². The number of hydrogen-bond donors (Lipinski definition) is 0. The molecule has 2 atom stereocenters. The summed E-state index contributed by atoms with van der Waals surface area (Å²) in [6, 6.07) is 14.4. The fourth-order valence-corrected chi connectivity index (χ4v) is 4.75. The van der Waals surface area contributed by atoms with E-state index in [1.54, 1.807) is 0 Å². The van der Waals surface area contributed by atoms with Crippen molar-refractivity contribution in [1.82, 2.24) is 0 Å². The van der Waals surface area contributed by atoms with Crippen molar-refractivity contribution >= 4 is 27.9 Å². The van der Waals surface area contributed by atoms with Crippen LogP contribution in [0.5, 0.6) is 0 Å². The molecule has 2 unspecified atom stereocenters. The van der Waals surface area contributed by atoms with Gasteiger partial charge in [-0.1, -0.05) is 59.5 Å². The highest BCUT2D eigenvalue weighted by Crippen LogP contribution is 2.39. The Bertz CT molecular complexity index is 616. The summed E-state index contributed by atoms with van der Waals surface area (Å²) in [5.74, 6) is 0. The Morgan fingerprint density at radius 1 is 1.00 bits per heavy atom. The first-order chi connectivity index (χ1) is 10.5. The first kappa shape index (κ1) is 18.7. The van der Waals surface area contributed by atoms with Crippen molar-refractivity contribution in [2.24, 2.45) is 0 Å². The largest absolute Gasteiger partial charge is 0.310 e. The lowest BCUT2D eigenvalue weighted by Crippen LogP contribution is -2.12. The summed E-state index contributed by atoms with van der Waals surface area (Å²) in [6.45, 7) is 8.27. The molecule has 2 aromatic carbocycles. The maximum atomic E-state index is 13.0. The first-order valence-corrected chi connectivity index (χ1v) is 9.22. The molecule has 0 heterocycles. The van der Waals surface area contributed by atoms with Crippen LogP contribution in [0.25, 0.3) is 0 Å². The standard InChI is InChI=1S/C18H21OP.H2OP/c1-5-20(16-9-7-6-8-10-16)18(19)17-14(3)11-13(2)12-15(17)4;1-2/h6-12H,5H2,1-4H3;2H2/q;+1. The molecule has 0 saturated heterocycles. The van der Waals surface area contributed by atoms with Gasteiger partial charge in [0.25, 0.3) is 0 Å². The Balaban J connectivity index is 0.00000116. The second kappa shape index (κ2) is 8.93. The van der Waals surface area contributed by atoms with E-state index in [-0.39, 0.29) is 0 Å². The molecular weight excluding hydrogens is 310 g/mol. The zero-order valence-electron chi connectivity index (χ0n) is 13.6. The van der Waals surface area contributed by atoms with Crippen LogP contribution in [-0.4, -0.2) is 11.7 Å². The third kappa shape index (κ3) is 4.32. The SMILES string of the molecule is CCP(C(=O)c1c(C)cc(C)cc1C)c1ccccc1.O=[PH2+]. The van der Waals surface area contributed by atoms with Gasteiger partial charge in [0, 0.05) is 13.5 Å². The molecule has 0 aromatic heterocycles. The van der Waals surface area contributed by atoms with Crippen molar-refractivity contribution in [1.29, 1.82) is 0 Å². The minimum atomic E-state index is -0.772. The highest BCUT2D eigenvalue weighted by atomic mass is 31.1. The predicted octanol–water partition coefficient (Wildman–Crippen LogP) is 4.79. The van der Waals surface area contributed by atoms with Crippen molar-refractivity contribution in [3.63, 3.8) is 0 Å². The van der Waals surface area contributed by atoms with Crippen molar-refractivity contribution in [2.75, 3.05) is 6.16 Å². The van der Waals surface area contributed by atoms with Crippen molar-refractivity contribution in [3.05, 3.63) is 64.7 Å². The van der Waals surface area contributed by atoms with E-state index in [0.717, 1.165) is 22.9 Å². The van der Waals surface area contributed by atoms with Gasteiger partial charge in [0.2, 0.25) is 0 Å². The molecule has 2 rings (SSSR count). The maximum absolute atomic E-state index is 13.0. The van der Waals surface area contributed by atoms with Crippen molar-refractivity contribution in [2.45, 2.75) is 27.7 Å². The smallest absolute Gasteiger partial charge is 0.289 e. The van der Waals surface area contributed by atoms with E-state index in [9.17, 15) is 4.79 Å². The van der Waals surface area contributed by atoms with E-state index in [4.69, 9.17) is 4.57 Å². The molecule has 0 fully saturated rings. The molecule has 22 heavy (non-hydrogen) atoms. The zero-order chi connectivity index (χ0) is 16.7. The van der Waals surface area contributed by atoms with E-state index in [1.807, 2.05) is 32.0 Å². The van der Waals surface area contributed by atoms with Gasteiger partial charge in [-0.3, -0.25) is 4.79 Å². The lowest BCUT2D eigenvalue weighted by molar-refractivity contribution is 0.108. The quantitative estimate of drug-likeness (QED) is 0.754. The minimum Gasteiger partial charge on any atom is -0.289 e. The zero-order valence-corrected chi connectivity index (χ0v) is 15.6. The minimum absolute atomic E-state index is 0.309. The monoisotopic (exact) mass is 333 g/mol. The summed E-state index contributed by atoms with van der Waals surface area (Å²) in [6.07, 6.45) is 0.894. The van der Waals surface area contributed by atoms with Gasteiger partial charge in [-0.2, -0.15) is 0 Å². The van der Waals surface area contributed by atoms with E-state index in [1.165, 1.54) is 20.0 Å². The van der Waals surface area contributed by atoms with Crippen LogP contribution in [0, 0.1) is 20.8 Å². The molecule has 116 valence electrons. The van der Waals surface area contributed by atoms with Gasteiger partial charge in [-0.05, 0) is 43.4 Å². The van der Waals surface area contributed by atoms with E-state index in [0.29, 0.717) is 5.52 Å². The topological polar surface area (TPSA) is 34.1 Å². The molecule has 0 aliphatic carbocycles. The molecule has 4 heteroatoms. The normalized spacial score (nSPS) is 11.3. The number of hydrogen-bond acceptors (Lipinski definition) is 2. The maximum Gasteiger partial charge on any atom is 0.310 e. The molecular formula is C18H23O2P2+. The van der Waals surface area contributed by atoms with Crippen LogP contribution in [0.1, 0.15) is 34.0 Å². The molecule has 0 saturated carbocycles. The van der Waals surface area contributed by atoms with Crippen LogP contribution >= 0.6 is 17.0 Å². The Kier molecular flexibility index (Phi) is 7.59. The highest BCUT2D eigenvalue weighted by molar-refractivity contribution is 7.82. The number of benzene rings is 2. The van der Waals surface area contributed by atoms with Gasteiger partial charge in [-0.15, -0.1) is 0 Å². The third-order valence-electron chi connectivity index (χ3n) is 3.52. The molecule has 0 amide bonds. The summed E-state index contributed by atoms with van der Waals surface area (Å²) >= 11 is 0. The molecule has 0 aliphatic heterocycles. The van der Waals surface area contributed by atoms with Gasteiger partial charge in [0.15, 0.2) is 5.52 Å². The number of rotatable bonds is 4. The summed E-state index contributed by atoms with van der Waals surface area (Å²) in [5.41, 5.74) is 4.65. The van der Waals surface area contributed by atoms with Crippen LogP contribution in [0.4, 0.5) is 0 Å². The van der Waals surface area contributed by atoms with Gasteiger partial charge in [-0.25, -0.2) is 0 Å². The van der Waals surface area contributed by atoms with Gasteiger partial charge >= 0.3 is 9.12 Å².